The summed E-state index contributed by atoms with van der Waals surface area (Å²) in [6, 6.07) is 14.0. The second-order valence-corrected chi connectivity index (χ2v) is 7.52. The quantitative estimate of drug-likeness (QED) is 0.518. The summed E-state index contributed by atoms with van der Waals surface area (Å²) >= 11 is 0. The number of hydrogen-bond acceptors (Lipinski definition) is 5. The average Bonchev–Trinajstić information content (AvgIpc) is 2.73. The number of nitrogens with one attached hydrogen (secondary N) is 3. The molecule has 0 atom stereocenters. The molecule has 162 valence electrons. The zero-order chi connectivity index (χ0) is 22.4. The fourth-order valence-corrected chi connectivity index (χ4v) is 3.21. The number of H-pyrrole nitrogens is 1. The third-order valence-electron chi connectivity index (χ3n) is 4.84. The number of amides is 2. The molecule has 8 nitrogen and oxygen atoms in total. The Hall–Kier alpha value is -3.52. The van der Waals surface area contributed by atoms with E-state index in [2.05, 4.69) is 20.6 Å². The maximum absolute atomic E-state index is 12.7. The summed E-state index contributed by atoms with van der Waals surface area (Å²) in [5, 5.41) is 6.11. The number of benzene rings is 2. The fourth-order valence-electron chi connectivity index (χ4n) is 3.21. The van der Waals surface area contributed by atoms with Crippen molar-refractivity contribution in [1.29, 1.82) is 0 Å². The minimum absolute atomic E-state index is 0.0455. The lowest BCUT2D eigenvalue weighted by molar-refractivity contribution is -0.117. The highest BCUT2D eigenvalue weighted by molar-refractivity contribution is 5.97. The number of aromatic amines is 1. The molecule has 0 fully saturated rings. The smallest absolute Gasteiger partial charge is 0.258 e. The van der Waals surface area contributed by atoms with Gasteiger partial charge in [-0.3, -0.25) is 19.3 Å². The van der Waals surface area contributed by atoms with Crippen LogP contribution in [0, 0.1) is 0 Å². The van der Waals surface area contributed by atoms with E-state index in [9.17, 15) is 14.4 Å². The highest BCUT2D eigenvalue weighted by atomic mass is 16.2. The van der Waals surface area contributed by atoms with E-state index in [-0.39, 0.29) is 30.0 Å². The van der Waals surface area contributed by atoms with Crippen LogP contribution < -0.4 is 16.2 Å². The van der Waals surface area contributed by atoms with Gasteiger partial charge in [0.1, 0.15) is 5.82 Å². The largest absolute Gasteiger partial charge is 0.352 e. The second kappa shape index (κ2) is 9.99. The molecule has 1 aromatic heterocycles. The van der Waals surface area contributed by atoms with Gasteiger partial charge in [-0.25, -0.2) is 4.98 Å². The first-order chi connectivity index (χ1) is 14.9. The number of anilines is 1. The number of hydrogen-bond donors (Lipinski definition) is 3. The molecular weight excluding hydrogens is 394 g/mol. The minimum atomic E-state index is -0.218. The summed E-state index contributed by atoms with van der Waals surface area (Å²) in [6.45, 7) is 6.76. The van der Waals surface area contributed by atoms with Crippen LogP contribution in [0.1, 0.15) is 37.0 Å². The fraction of sp³-hybridized carbons (Fsp3) is 0.304. The summed E-state index contributed by atoms with van der Waals surface area (Å²) in [7, 11) is 0. The average molecular weight is 422 g/mol. The van der Waals surface area contributed by atoms with Gasteiger partial charge in [-0.15, -0.1) is 0 Å². The predicted octanol–water partition coefficient (Wildman–Crippen LogP) is 2.52. The van der Waals surface area contributed by atoms with E-state index in [1.54, 1.807) is 42.5 Å². The summed E-state index contributed by atoms with van der Waals surface area (Å²) in [5.74, 6) is 0.0991. The summed E-state index contributed by atoms with van der Waals surface area (Å²) < 4.78 is 0. The van der Waals surface area contributed by atoms with Gasteiger partial charge in [0.15, 0.2) is 0 Å². The van der Waals surface area contributed by atoms with Gasteiger partial charge in [0.25, 0.3) is 11.5 Å². The van der Waals surface area contributed by atoms with Crippen molar-refractivity contribution in [3.05, 3.63) is 70.3 Å². The van der Waals surface area contributed by atoms with Crippen molar-refractivity contribution in [2.45, 2.75) is 33.4 Å². The van der Waals surface area contributed by atoms with Gasteiger partial charge in [-0.1, -0.05) is 18.2 Å². The van der Waals surface area contributed by atoms with Crippen LogP contribution in [0.3, 0.4) is 0 Å². The molecule has 0 aliphatic heterocycles. The number of aromatic nitrogens is 2. The van der Waals surface area contributed by atoms with Crippen molar-refractivity contribution < 1.29 is 9.59 Å². The van der Waals surface area contributed by atoms with Crippen molar-refractivity contribution in [2.24, 2.45) is 0 Å². The van der Waals surface area contributed by atoms with Crippen LogP contribution in [0.25, 0.3) is 10.9 Å². The maximum atomic E-state index is 12.7. The van der Waals surface area contributed by atoms with Gasteiger partial charge in [-0.05, 0) is 51.1 Å². The topological polar surface area (TPSA) is 107 Å². The van der Waals surface area contributed by atoms with Crippen LogP contribution in [0.15, 0.2) is 53.3 Å². The summed E-state index contributed by atoms with van der Waals surface area (Å²) in [5.41, 5.74) is 1.46. The number of para-hydroxylation sites is 1. The molecule has 0 aliphatic rings. The molecule has 0 aliphatic carbocycles. The predicted molar refractivity (Wildman–Crippen MR) is 121 cm³/mol. The zero-order valence-corrected chi connectivity index (χ0v) is 17.9. The number of nitrogens with zero attached hydrogens (tertiary/aromatic N) is 2. The SMILES string of the molecule is CCNC(=O)c1cccc(NC(=O)CN(Cc2nc3ccccc3c(=O)[nH]2)C(C)C)c1. The van der Waals surface area contributed by atoms with E-state index in [1.165, 1.54) is 0 Å². The lowest BCUT2D eigenvalue weighted by Crippen LogP contribution is -2.38. The van der Waals surface area contributed by atoms with Crippen LogP contribution in [-0.2, 0) is 11.3 Å². The normalized spacial score (nSPS) is 11.1. The molecule has 0 saturated carbocycles. The molecule has 0 radical (unpaired) electrons. The zero-order valence-electron chi connectivity index (χ0n) is 17.9. The third-order valence-corrected chi connectivity index (χ3v) is 4.84. The van der Waals surface area contributed by atoms with Gasteiger partial charge in [0, 0.05) is 23.8 Å². The first kappa shape index (κ1) is 22.2. The molecule has 2 aromatic carbocycles. The lowest BCUT2D eigenvalue weighted by atomic mass is 10.2. The molecule has 8 heteroatoms. The molecule has 0 spiro atoms. The van der Waals surface area contributed by atoms with Crippen molar-refractivity contribution in [2.75, 3.05) is 18.4 Å². The van der Waals surface area contributed by atoms with Gasteiger partial charge in [0.05, 0.1) is 24.0 Å². The Morgan fingerprint density at radius 1 is 1.13 bits per heavy atom. The number of fused-ring (bicyclic) bond motifs is 1. The van der Waals surface area contributed by atoms with Crippen LogP contribution in [-0.4, -0.2) is 45.8 Å². The van der Waals surface area contributed by atoms with Crippen LogP contribution in [0.4, 0.5) is 5.69 Å². The monoisotopic (exact) mass is 421 g/mol. The van der Waals surface area contributed by atoms with Crippen molar-refractivity contribution >= 4 is 28.4 Å². The Labute approximate surface area is 180 Å². The number of carbonyl (C=O) groups excluding carboxylic acids is 2. The van der Waals surface area contributed by atoms with Gasteiger partial charge >= 0.3 is 0 Å². The Bertz CT molecular complexity index is 1140. The summed E-state index contributed by atoms with van der Waals surface area (Å²) in [4.78, 5) is 46.2. The van der Waals surface area contributed by atoms with Crippen molar-refractivity contribution in [3.8, 4) is 0 Å². The van der Waals surface area contributed by atoms with E-state index < -0.39 is 0 Å². The van der Waals surface area contributed by atoms with Crippen molar-refractivity contribution in [3.63, 3.8) is 0 Å². The van der Waals surface area contributed by atoms with Crippen LogP contribution in [0.5, 0.6) is 0 Å². The molecule has 3 aromatic rings. The minimum Gasteiger partial charge on any atom is -0.352 e. The highest BCUT2D eigenvalue weighted by Gasteiger charge is 2.17. The van der Waals surface area contributed by atoms with Gasteiger partial charge in [0.2, 0.25) is 5.91 Å². The molecule has 0 saturated heterocycles. The Morgan fingerprint density at radius 3 is 2.65 bits per heavy atom. The number of rotatable bonds is 8. The molecule has 3 rings (SSSR count). The van der Waals surface area contributed by atoms with E-state index in [0.717, 1.165) is 0 Å². The van der Waals surface area contributed by atoms with E-state index in [1.807, 2.05) is 31.7 Å². The highest BCUT2D eigenvalue weighted by Crippen LogP contribution is 2.12. The van der Waals surface area contributed by atoms with E-state index >= 15 is 0 Å². The third kappa shape index (κ3) is 5.76. The van der Waals surface area contributed by atoms with Crippen LogP contribution in [0.2, 0.25) is 0 Å². The van der Waals surface area contributed by atoms with Gasteiger partial charge in [-0.2, -0.15) is 0 Å². The standard InChI is InChI=1S/C23H27N5O3/c1-4-24-22(30)16-8-7-9-17(12-16)25-21(29)14-28(15(2)3)13-20-26-19-11-6-5-10-18(19)23(31)27-20/h5-12,15H,4,13-14H2,1-3H3,(H,24,30)(H,25,29)(H,26,27,31). The first-order valence-electron chi connectivity index (χ1n) is 10.3. The molecule has 3 N–H and O–H groups in total. The molecule has 2 amide bonds. The van der Waals surface area contributed by atoms with E-state index in [4.69, 9.17) is 0 Å². The molecule has 0 bridgehead atoms. The molecule has 31 heavy (non-hydrogen) atoms. The Kier molecular flexibility index (Phi) is 7.15. The molecule has 1 heterocycles. The second-order valence-electron chi connectivity index (χ2n) is 7.52. The van der Waals surface area contributed by atoms with Gasteiger partial charge < -0.3 is 15.6 Å². The summed E-state index contributed by atoms with van der Waals surface area (Å²) in [6.07, 6.45) is 0. The maximum Gasteiger partial charge on any atom is 0.258 e. The number of carbonyl (C=O) groups is 2. The Morgan fingerprint density at radius 2 is 1.90 bits per heavy atom. The lowest BCUT2D eigenvalue weighted by Gasteiger charge is -2.25. The van der Waals surface area contributed by atoms with Crippen LogP contribution >= 0.6 is 0 Å². The Balaban J connectivity index is 1.71. The van der Waals surface area contributed by atoms with Crippen molar-refractivity contribution in [1.82, 2.24) is 20.2 Å². The first-order valence-corrected chi connectivity index (χ1v) is 10.3. The molecule has 0 unspecified atom stereocenters. The molecular formula is C23H27N5O3. The van der Waals surface area contributed by atoms with E-state index in [0.29, 0.717) is 41.1 Å².